The van der Waals surface area contributed by atoms with Gasteiger partial charge in [0, 0.05) is 44.3 Å². The Morgan fingerprint density at radius 2 is 2.47 bits per heavy atom. The first-order chi connectivity index (χ1) is 7.36. The largest absolute Gasteiger partial charge is 0.383 e. The summed E-state index contributed by atoms with van der Waals surface area (Å²) in [7, 11) is 1.71. The van der Waals surface area contributed by atoms with Gasteiger partial charge in [-0.15, -0.1) is 0 Å². The third kappa shape index (κ3) is 5.20. The van der Waals surface area contributed by atoms with Gasteiger partial charge in [0.15, 0.2) is 0 Å². The fourth-order valence-electron chi connectivity index (χ4n) is 1.21. The Bertz CT molecular complexity index is 265. The molecule has 15 heavy (non-hydrogen) atoms. The number of hydrogen-bond acceptors (Lipinski definition) is 4. The van der Waals surface area contributed by atoms with Crippen molar-refractivity contribution in [1.29, 1.82) is 0 Å². The predicted molar refractivity (Wildman–Crippen MR) is 64.2 cm³/mol. The minimum atomic E-state index is 0.751. The summed E-state index contributed by atoms with van der Waals surface area (Å²) in [6.45, 7) is 3.48. The summed E-state index contributed by atoms with van der Waals surface area (Å²) in [5.41, 5.74) is 1.23. The van der Waals surface area contributed by atoms with E-state index < -0.39 is 0 Å². The van der Waals surface area contributed by atoms with Crippen LogP contribution in [-0.2, 0) is 17.8 Å². The van der Waals surface area contributed by atoms with Gasteiger partial charge in [0.25, 0.3) is 0 Å². The van der Waals surface area contributed by atoms with Crippen molar-refractivity contribution in [2.45, 2.75) is 13.1 Å². The molecular weight excluding hydrogens is 210 g/mol. The van der Waals surface area contributed by atoms with E-state index in [0.29, 0.717) is 0 Å². The summed E-state index contributed by atoms with van der Waals surface area (Å²) < 4.78 is 6.94. The number of thioether (sulfide) groups is 1. The lowest BCUT2D eigenvalue weighted by Crippen LogP contribution is -2.18. The van der Waals surface area contributed by atoms with Gasteiger partial charge in [-0.05, 0) is 6.26 Å². The van der Waals surface area contributed by atoms with Crippen molar-refractivity contribution in [3.63, 3.8) is 0 Å². The second-order valence-electron chi connectivity index (χ2n) is 3.27. The smallest absolute Gasteiger partial charge is 0.0587 e. The van der Waals surface area contributed by atoms with Crippen LogP contribution in [-0.4, -0.2) is 42.1 Å². The van der Waals surface area contributed by atoms with Gasteiger partial charge in [0.2, 0.25) is 0 Å². The average molecular weight is 229 g/mol. The van der Waals surface area contributed by atoms with Gasteiger partial charge in [-0.3, -0.25) is 4.68 Å². The average Bonchev–Trinajstić information content (AvgIpc) is 2.69. The molecule has 1 aromatic rings. The highest BCUT2D eigenvalue weighted by Crippen LogP contribution is 1.99. The van der Waals surface area contributed by atoms with Crippen molar-refractivity contribution in [3.8, 4) is 0 Å². The van der Waals surface area contributed by atoms with Crippen molar-refractivity contribution in [2.24, 2.45) is 0 Å². The molecule has 0 bridgehead atoms. The summed E-state index contributed by atoms with van der Waals surface area (Å²) in [5, 5.41) is 7.57. The van der Waals surface area contributed by atoms with E-state index in [1.807, 2.05) is 22.6 Å². The molecule has 1 aromatic heterocycles. The van der Waals surface area contributed by atoms with Crippen LogP contribution in [0.1, 0.15) is 5.56 Å². The van der Waals surface area contributed by atoms with Gasteiger partial charge in [0.1, 0.15) is 0 Å². The van der Waals surface area contributed by atoms with Crippen molar-refractivity contribution >= 4 is 11.8 Å². The third-order valence-corrected chi connectivity index (χ3v) is 2.61. The number of nitrogens with one attached hydrogen (secondary N) is 1. The molecule has 86 valence electrons. The molecule has 0 spiro atoms. The van der Waals surface area contributed by atoms with Crippen molar-refractivity contribution in [2.75, 3.05) is 32.3 Å². The number of ether oxygens (including phenoxy) is 1. The van der Waals surface area contributed by atoms with E-state index in [0.717, 1.165) is 32.0 Å². The van der Waals surface area contributed by atoms with Crippen LogP contribution in [0.5, 0.6) is 0 Å². The molecule has 0 aliphatic carbocycles. The van der Waals surface area contributed by atoms with Crippen LogP contribution in [0.2, 0.25) is 0 Å². The predicted octanol–water partition coefficient (Wildman–Crippen LogP) is 0.982. The minimum absolute atomic E-state index is 0.751. The van der Waals surface area contributed by atoms with Crippen molar-refractivity contribution < 1.29 is 4.74 Å². The topological polar surface area (TPSA) is 39.1 Å². The molecule has 0 radical (unpaired) electrons. The number of methoxy groups -OCH3 is 1. The SMILES string of the molecule is COCCNCc1cnn(CCSC)c1. The van der Waals surface area contributed by atoms with Crippen LogP contribution in [0, 0.1) is 0 Å². The van der Waals surface area contributed by atoms with Gasteiger partial charge >= 0.3 is 0 Å². The molecule has 0 saturated carbocycles. The Morgan fingerprint density at radius 1 is 1.60 bits per heavy atom. The second kappa shape index (κ2) is 7.73. The van der Waals surface area contributed by atoms with Crippen molar-refractivity contribution in [3.05, 3.63) is 18.0 Å². The van der Waals surface area contributed by atoms with Crippen LogP contribution in [0.15, 0.2) is 12.4 Å². The number of aryl methyl sites for hydroxylation is 1. The second-order valence-corrected chi connectivity index (χ2v) is 4.26. The normalized spacial score (nSPS) is 10.8. The van der Waals surface area contributed by atoms with E-state index in [2.05, 4.69) is 22.9 Å². The molecule has 1 rings (SSSR count). The number of nitrogens with zero attached hydrogens (tertiary/aromatic N) is 2. The molecule has 0 unspecified atom stereocenters. The maximum atomic E-state index is 4.95. The Hall–Kier alpha value is -0.520. The Balaban J connectivity index is 2.20. The molecule has 1 N–H and O–H groups in total. The van der Waals surface area contributed by atoms with Gasteiger partial charge < -0.3 is 10.1 Å². The number of aromatic nitrogens is 2. The lowest BCUT2D eigenvalue weighted by Gasteiger charge is -2.01. The third-order valence-electron chi connectivity index (χ3n) is 2.02. The maximum absolute atomic E-state index is 4.95. The standard InChI is InChI=1S/C10H19N3OS/c1-14-5-3-11-7-10-8-12-13(9-10)4-6-15-2/h8-9,11H,3-7H2,1-2H3. The zero-order valence-corrected chi connectivity index (χ0v) is 10.2. The Labute approximate surface area is 95.4 Å². The first-order valence-electron chi connectivity index (χ1n) is 5.06. The molecule has 0 fully saturated rings. The number of rotatable bonds is 8. The molecular formula is C10H19N3OS. The van der Waals surface area contributed by atoms with Crippen LogP contribution in [0.3, 0.4) is 0 Å². The lowest BCUT2D eigenvalue weighted by molar-refractivity contribution is 0.199. The van der Waals surface area contributed by atoms with Crippen LogP contribution in [0.4, 0.5) is 0 Å². The van der Waals surface area contributed by atoms with Crippen LogP contribution in [0.25, 0.3) is 0 Å². The van der Waals surface area contributed by atoms with Crippen LogP contribution < -0.4 is 5.32 Å². The highest BCUT2D eigenvalue weighted by atomic mass is 32.2. The quantitative estimate of drug-likeness (QED) is 0.675. The fourth-order valence-corrected chi connectivity index (χ4v) is 1.58. The first-order valence-corrected chi connectivity index (χ1v) is 6.46. The molecule has 0 aromatic carbocycles. The highest BCUT2D eigenvalue weighted by molar-refractivity contribution is 7.98. The van der Waals surface area contributed by atoms with Gasteiger partial charge in [-0.2, -0.15) is 16.9 Å². The fraction of sp³-hybridized carbons (Fsp3) is 0.700. The maximum Gasteiger partial charge on any atom is 0.0587 e. The molecule has 0 aliphatic rings. The minimum Gasteiger partial charge on any atom is -0.383 e. The van der Waals surface area contributed by atoms with Crippen molar-refractivity contribution in [1.82, 2.24) is 15.1 Å². The summed E-state index contributed by atoms with van der Waals surface area (Å²) in [6, 6.07) is 0. The lowest BCUT2D eigenvalue weighted by atomic mass is 10.3. The molecule has 0 atom stereocenters. The monoisotopic (exact) mass is 229 g/mol. The van der Waals surface area contributed by atoms with Crippen LogP contribution >= 0.6 is 11.8 Å². The van der Waals surface area contributed by atoms with E-state index in [-0.39, 0.29) is 0 Å². The molecule has 0 saturated heterocycles. The molecule has 1 heterocycles. The molecule has 5 heteroatoms. The highest BCUT2D eigenvalue weighted by Gasteiger charge is 1.97. The van der Waals surface area contributed by atoms with Gasteiger partial charge in [-0.1, -0.05) is 0 Å². The van der Waals surface area contributed by atoms with Gasteiger partial charge in [0.05, 0.1) is 12.8 Å². The Kier molecular flexibility index (Phi) is 6.47. The first kappa shape index (κ1) is 12.5. The Morgan fingerprint density at radius 3 is 3.20 bits per heavy atom. The zero-order chi connectivity index (χ0) is 10.9. The number of hydrogen-bond donors (Lipinski definition) is 1. The van der Waals surface area contributed by atoms with E-state index >= 15 is 0 Å². The van der Waals surface area contributed by atoms with Gasteiger partial charge in [-0.25, -0.2) is 0 Å². The zero-order valence-electron chi connectivity index (χ0n) is 9.40. The summed E-state index contributed by atoms with van der Waals surface area (Å²) in [6.07, 6.45) is 6.12. The van der Waals surface area contributed by atoms with E-state index in [1.54, 1.807) is 7.11 Å². The molecule has 0 aliphatic heterocycles. The molecule has 4 nitrogen and oxygen atoms in total. The summed E-state index contributed by atoms with van der Waals surface area (Å²) in [4.78, 5) is 0. The summed E-state index contributed by atoms with van der Waals surface area (Å²) >= 11 is 1.84. The van der Waals surface area contributed by atoms with E-state index in [9.17, 15) is 0 Å². The van der Waals surface area contributed by atoms with E-state index in [1.165, 1.54) is 5.56 Å². The summed E-state index contributed by atoms with van der Waals surface area (Å²) in [5.74, 6) is 1.11. The molecule has 0 amide bonds. The van der Waals surface area contributed by atoms with E-state index in [4.69, 9.17) is 4.74 Å².